The number of aliphatic hydroxyl groups is 1. The van der Waals surface area contributed by atoms with Crippen LogP contribution < -0.4 is 0 Å². The minimum Gasteiger partial charge on any atom is -0.478 e. The Balaban J connectivity index is 4.17. The molecule has 0 saturated heterocycles. The number of ether oxygens (including phenoxy) is 1. The van der Waals surface area contributed by atoms with Crippen LogP contribution in [0.15, 0.2) is 12.2 Å². The van der Waals surface area contributed by atoms with Crippen LogP contribution in [0.3, 0.4) is 0 Å². The highest BCUT2D eigenvalue weighted by atomic mass is 16.5. The highest BCUT2D eigenvalue weighted by Crippen LogP contribution is 2.10. The van der Waals surface area contributed by atoms with Crippen LogP contribution in [0.2, 0.25) is 0 Å². The normalized spacial score (nSPS) is 14.7. The third-order valence-corrected chi connectivity index (χ3v) is 1.86. The van der Waals surface area contributed by atoms with Crippen LogP contribution in [-0.4, -0.2) is 34.4 Å². The van der Waals surface area contributed by atoms with Crippen molar-refractivity contribution in [1.29, 1.82) is 0 Å². The summed E-state index contributed by atoms with van der Waals surface area (Å²) in [6.07, 6.45) is 2.52. The molecule has 0 aliphatic heterocycles. The van der Waals surface area contributed by atoms with Crippen LogP contribution in [0, 0.1) is 0 Å². The van der Waals surface area contributed by atoms with Gasteiger partial charge in [-0.25, -0.2) is 9.59 Å². The number of hydrogen-bond donors (Lipinski definition) is 2. The largest absolute Gasteiger partial charge is 0.478 e. The smallest absolute Gasteiger partial charge is 0.331 e. The molecule has 0 saturated carbocycles. The van der Waals surface area contributed by atoms with Gasteiger partial charge in [0.2, 0.25) is 0 Å². The first-order valence-corrected chi connectivity index (χ1v) is 5.25. The molecule has 0 heterocycles. The Morgan fingerprint density at radius 3 is 2.44 bits per heavy atom. The molecule has 0 aliphatic rings. The number of carbonyl (C=O) groups excluding carboxylic acids is 1. The molecule has 0 aliphatic carbocycles. The molecule has 2 N–H and O–H groups in total. The topological polar surface area (TPSA) is 83.8 Å². The first-order chi connectivity index (χ1) is 7.45. The number of carbonyl (C=O) groups is 2. The van der Waals surface area contributed by atoms with E-state index < -0.39 is 18.0 Å². The molecule has 2 unspecified atom stereocenters. The van der Waals surface area contributed by atoms with Gasteiger partial charge in [-0.1, -0.05) is 13.3 Å². The predicted molar refractivity (Wildman–Crippen MR) is 57.9 cm³/mol. The van der Waals surface area contributed by atoms with Gasteiger partial charge in [0.1, 0.15) is 6.10 Å². The Hall–Kier alpha value is -1.36. The Bertz CT molecular complexity index is 257. The lowest BCUT2D eigenvalue weighted by Crippen LogP contribution is -2.21. The number of aliphatic hydroxyl groups excluding tert-OH is 1. The summed E-state index contributed by atoms with van der Waals surface area (Å²) < 4.78 is 5.00. The highest BCUT2D eigenvalue weighted by molar-refractivity contribution is 5.90. The SMILES string of the molecule is CCCC(CC(C)O)OC(=O)/C=C/C(=O)O. The fourth-order valence-corrected chi connectivity index (χ4v) is 1.27. The predicted octanol–water partition coefficient (Wildman–Crippen LogP) is 1.11. The lowest BCUT2D eigenvalue weighted by atomic mass is 10.1. The van der Waals surface area contributed by atoms with Crippen LogP contribution in [0.4, 0.5) is 0 Å². The van der Waals surface area contributed by atoms with Gasteiger partial charge in [0.25, 0.3) is 0 Å². The van der Waals surface area contributed by atoms with Crippen LogP contribution in [-0.2, 0) is 14.3 Å². The Morgan fingerprint density at radius 2 is 2.00 bits per heavy atom. The molecule has 0 amide bonds. The Morgan fingerprint density at radius 1 is 1.38 bits per heavy atom. The van der Waals surface area contributed by atoms with Gasteiger partial charge in [-0.3, -0.25) is 0 Å². The maximum absolute atomic E-state index is 11.2. The number of aliphatic carboxylic acids is 1. The van der Waals surface area contributed by atoms with Gasteiger partial charge in [-0.15, -0.1) is 0 Å². The summed E-state index contributed by atoms with van der Waals surface area (Å²) in [5, 5.41) is 17.5. The second kappa shape index (κ2) is 7.87. The Labute approximate surface area is 94.7 Å². The zero-order valence-corrected chi connectivity index (χ0v) is 9.55. The van der Waals surface area contributed by atoms with Crippen molar-refractivity contribution in [1.82, 2.24) is 0 Å². The number of rotatable bonds is 7. The van der Waals surface area contributed by atoms with Crippen LogP contribution in [0.1, 0.15) is 33.1 Å². The zero-order valence-electron chi connectivity index (χ0n) is 9.55. The van der Waals surface area contributed by atoms with Gasteiger partial charge in [-0.05, 0) is 13.3 Å². The van der Waals surface area contributed by atoms with Crippen molar-refractivity contribution in [2.45, 2.75) is 45.3 Å². The van der Waals surface area contributed by atoms with E-state index in [1.807, 2.05) is 6.92 Å². The van der Waals surface area contributed by atoms with Crippen LogP contribution in [0.25, 0.3) is 0 Å². The molecule has 0 radical (unpaired) electrons. The average Bonchev–Trinajstić information content (AvgIpc) is 2.14. The molecule has 0 fully saturated rings. The number of carboxylic acid groups (broad SMARTS) is 1. The van der Waals surface area contributed by atoms with Gasteiger partial charge in [0.05, 0.1) is 6.10 Å². The van der Waals surface area contributed by atoms with E-state index >= 15 is 0 Å². The van der Waals surface area contributed by atoms with Gasteiger partial charge in [0.15, 0.2) is 0 Å². The van der Waals surface area contributed by atoms with Crippen molar-refractivity contribution in [3.05, 3.63) is 12.2 Å². The minimum atomic E-state index is -1.19. The molecule has 16 heavy (non-hydrogen) atoms. The van der Waals surface area contributed by atoms with Crippen molar-refractivity contribution in [2.75, 3.05) is 0 Å². The van der Waals surface area contributed by atoms with E-state index in [0.29, 0.717) is 12.8 Å². The maximum Gasteiger partial charge on any atom is 0.331 e. The number of esters is 1. The van der Waals surface area contributed by atoms with E-state index in [2.05, 4.69) is 0 Å². The summed E-state index contributed by atoms with van der Waals surface area (Å²) in [6, 6.07) is 0. The molecule has 2 atom stereocenters. The summed E-state index contributed by atoms with van der Waals surface area (Å²) in [5.74, 6) is -1.89. The van der Waals surface area contributed by atoms with Crippen molar-refractivity contribution in [3.63, 3.8) is 0 Å². The standard InChI is InChI=1S/C11H18O5/c1-3-4-9(7-8(2)12)16-11(15)6-5-10(13)14/h5-6,8-9,12H,3-4,7H2,1-2H3,(H,13,14)/b6-5+. The fraction of sp³-hybridized carbons (Fsp3) is 0.636. The third-order valence-electron chi connectivity index (χ3n) is 1.86. The molecule has 0 aromatic rings. The summed E-state index contributed by atoms with van der Waals surface area (Å²) in [6.45, 7) is 3.56. The molecule has 0 bridgehead atoms. The maximum atomic E-state index is 11.2. The second-order valence-electron chi connectivity index (χ2n) is 3.60. The van der Waals surface area contributed by atoms with Gasteiger partial charge in [-0.2, -0.15) is 0 Å². The fourth-order valence-electron chi connectivity index (χ4n) is 1.27. The first-order valence-electron chi connectivity index (χ1n) is 5.25. The molecule has 92 valence electrons. The zero-order chi connectivity index (χ0) is 12.6. The summed E-state index contributed by atoms with van der Waals surface area (Å²) in [7, 11) is 0. The lowest BCUT2D eigenvalue weighted by molar-refractivity contribution is -0.145. The summed E-state index contributed by atoms with van der Waals surface area (Å²) >= 11 is 0. The summed E-state index contributed by atoms with van der Waals surface area (Å²) in [5.41, 5.74) is 0. The molecule has 0 spiro atoms. The number of carboxylic acids is 1. The van der Waals surface area contributed by atoms with E-state index in [9.17, 15) is 14.7 Å². The molecule has 0 aromatic heterocycles. The van der Waals surface area contributed by atoms with Crippen LogP contribution in [0.5, 0.6) is 0 Å². The van der Waals surface area contributed by atoms with Crippen molar-refractivity contribution in [3.8, 4) is 0 Å². The minimum absolute atomic E-state index is 0.362. The van der Waals surface area contributed by atoms with Gasteiger partial charge >= 0.3 is 11.9 Å². The average molecular weight is 230 g/mol. The van der Waals surface area contributed by atoms with E-state index in [0.717, 1.165) is 18.6 Å². The van der Waals surface area contributed by atoms with Crippen LogP contribution >= 0.6 is 0 Å². The van der Waals surface area contributed by atoms with Gasteiger partial charge in [0, 0.05) is 18.6 Å². The Kier molecular flexibility index (Phi) is 7.20. The summed E-state index contributed by atoms with van der Waals surface area (Å²) in [4.78, 5) is 21.3. The molecular weight excluding hydrogens is 212 g/mol. The van der Waals surface area contributed by atoms with E-state index in [-0.39, 0.29) is 6.10 Å². The second-order valence-corrected chi connectivity index (χ2v) is 3.60. The quantitative estimate of drug-likeness (QED) is 0.505. The molecule has 5 heteroatoms. The third kappa shape index (κ3) is 7.99. The van der Waals surface area contributed by atoms with Crippen molar-refractivity contribution in [2.24, 2.45) is 0 Å². The van der Waals surface area contributed by atoms with E-state index in [1.165, 1.54) is 0 Å². The van der Waals surface area contributed by atoms with E-state index in [4.69, 9.17) is 9.84 Å². The first kappa shape index (κ1) is 14.6. The van der Waals surface area contributed by atoms with Crippen molar-refractivity contribution >= 4 is 11.9 Å². The van der Waals surface area contributed by atoms with Crippen molar-refractivity contribution < 1.29 is 24.5 Å². The van der Waals surface area contributed by atoms with E-state index in [1.54, 1.807) is 6.92 Å². The highest BCUT2D eigenvalue weighted by Gasteiger charge is 2.14. The molecular formula is C11H18O5. The monoisotopic (exact) mass is 230 g/mol. The van der Waals surface area contributed by atoms with Gasteiger partial charge < -0.3 is 14.9 Å². The molecule has 0 aromatic carbocycles. The lowest BCUT2D eigenvalue weighted by Gasteiger charge is -2.17. The molecule has 0 rings (SSSR count). The molecule has 5 nitrogen and oxygen atoms in total. The number of hydrogen-bond acceptors (Lipinski definition) is 4.